The van der Waals surface area contributed by atoms with Crippen LogP contribution in [0.5, 0.6) is 0 Å². The molecule has 0 unspecified atom stereocenters. The lowest BCUT2D eigenvalue weighted by Crippen LogP contribution is -2.35. The Morgan fingerprint density at radius 3 is 2.67 bits per heavy atom. The van der Waals surface area contributed by atoms with Crippen molar-refractivity contribution in [3.63, 3.8) is 0 Å². The average Bonchev–Trinajstić information content (AvgIpc) is 2.46. The number of aryl methyl sites for hydroxylation is 1. The molecule has 0 aromatic carbocycles. The lowest BCUT2D eigenvalue weighted by Gasteiger charge is -2.32. The number of aromatic nitrogens is 1. The topological polar surface area (TPSA) is 42.1 Å². The van der Waals surface area contributed by atoms with E-state index in [1.165, 1.54) is 18.4 Å². The summed E-state index contributed by atoms with van der Waals surface area (Å²) in [7, 11) is 0. The molecule has 0 aliphatic carbocycles. The Morgan fingerprint density at radius 2 is 2.11 bits per heavy atom. The molecule has 2 N–H and O–H groups in total. The minimum absolute atomic E-state index is 0.601. The Kier molecular flexibility index (Phi) is 4.89. The number of anilines is 1. The monoisotopic (exact) mass is 265 g/mol. The van der Waals surface area contributed by atoms with E-state index >= 15 is 0 Å². The fourth-order valence-electron chi connectivity index (χ4n) is 2.41. The highest BCUT2D eigenvalue weighted by molar-refractivity contribution is 7.99. The maximum absolute atomic E-state index is 5.77. The van der Waals surface area contributed by atoms with Crippen LogP contribution in [0.1, 0.15) is 31.0 Å². The van der Waals surface area contributed by atoms with Gasteiger partial charge in [-0.2, -0.15) is 11.8 Å². The maximum atomic E-state index is 5.77. The number of nitrogens with zero attached hydrogens (tertiary/aromatic N) is 2. The number of piperidine rings is 1. The summed E-state index contributed by atoms with van der Waals surface area (Å²) < 4.78 is 0. The Hall–Kier alpha value is -0.740. The van der Waals surface area contributed by atoms with Crippen LogP contribution in [0.15, 0.2) is 12.1 Å². The number of pyridine rings is 1. The van der Waals surface area contributed by atoms with Crippen LogP contribution in [0.3, 0.4) is 0 Å². The van der Waals surface area contributed by atoms with Crippen molar-refractivity contribution in [2.75, 3.05) is 24.2 Å². The van der Waals surface area contributed by atoms with Gasteiger partial charge in [0.25, 0.3) is 0 Å². The molecular formula is C14H23N3S. The minimum Gasteiger partial charge on any atom is -0.357 e. The van der Waals surface area contributed by atoms with Gasteiger partial charge in [0, 0.05) is 30.6 Å². The van der Waals surface area contributed by atoms with E-state index in [1.54, 1.807) is 0 Å². The van der Waals surface area contributed by atoms with Crippen molar-refractivity contribution in [3.05, 3.63) is 23.4 Å². The van der Waals surface area contributed by atoms with Crippen molar-refractivity contribution in [2.24, 2.45) is 5.73 Å². The number of hydrogen-bond donors (Lipinski definition) is 1. The van der Waals surface area contributed by atoms with Crippen molar-refractivity contribution in [2.45, 2.75) is 38.0 Å². The van der Waals surface area contributed by atoms with Gasteiger partial charge in [0.2, 0.25) is 0 Å². The molecule has 1 fully saturated rings. The third-order valence-electron chi connectivity index (χ3n) is 3.62. The van der Waals surface area contributed by atoms with Gasteiger partial charge in [0.1, 0.15) is 5.82 Å². The zero-order valence-corrected chi connectivity index (χ0v) is 12.2. The third-order valence-corrected chi connectivity index (χ3v) is 4.76. The molecule has 0 bridgehead atoms. The van der Waals surface area contributed by atoms with Gasteiger partial charge in [0.15, 0.2) is 0 Å². The smallest absolute Gasteiger partial charge is 0.129 e. The van der Waals surface area contributed by atoms with Gasteiger partial charge in [-0.3, -0.25) is 0 Å². The fraction of sp³-hybridized carbons (Fsp3) is 0.643. The predicted molar refractivity (Wildman–Crippen MR) is 80.3 cm³/mol. The fourth-order valence-corrected chi connectivity index (χ4v) is 3.10. The van der Waals surface area contributed by atoms with Crippen LogP contribution >= 0.6 is 11.8 Å². The molecule has 100 valence electrons. The molecule has 2 rings (SSSR count). The predicted octanol–water partition coefficient (Wildman–Crippen LogP) is 2.43. The molecule has 2 heterocycles. The molecule has 1 aromatic heterocycles. The van der Waals surface area contributed by atoms with Gasteiger partial charge in [-0.05, 0) is 43.2 Å². The number of thioether (sulfide) groups is 1. The van der Waals surface area contributed by atoms with Crippen LogP contribution in [0, 0.1) is 0 Å². The van der Waals surface area contributed by atoms with Crippen molar-refractivity contribution < 1.29 is 0 Å². The van der Waals surface area contributed by atoms with Crippen LogP contribution in [-0.4, -0.2) is 29.6 Å². The van der Waals surface area contributed by atoms with Crippen LogP contribution < -0.4 is 10.6 Å². The first-order valence-corrected chi connectivity index (χ1v) is 8.03. The van der Waals surface area contributed by atoms with Gasteiger partial charge >= 0.3 is 0 Å². The van der Waals surface area contributed by atoms with Crippen LogP contribution in [0.25, 0.3) is 0 Å². The van der Waals surface area contributed by atoms with E-state index in [1.807, 2.05) is 11.8 Å². The molecule has 0 saturated carbocycles. The Morgan fingerprint density at radius 1 is 1.39 bits per heavy atom. The molecule has 1 saturated heterocycles. The number of rotatable bonds is 4. The molecule has 18 heavy (non-hydrogen) atoms. The van der Waals surface area contributed by atoms with Crippen molar-refractivity contribution >= 4 is 17.6 Å². The summed E-state index contributed by atoms with van der Waals surface area (Å²) in [5, 5.41) is 0.824. The second-order valence-corrected chi connectivity index (χ2v) is 5.94. The second kappa shape index (κ2) is 6.43. The summed E-state index contributed by atoms with van der Waals surface area (Å²) in [5.74, 6) is 1.12. The van der Waals surface area contributed by atoms with E-state index in [9.17, 15) is 0 Å². The average molecular weight is 265 g/mol. The summed E-state index contributed by atoms with van der Waals surface area (Å²) in [5.41, 5.74) is 8.12. The van der Waals surface area contributed by atoms with E-state index in [0.717, 1.165) is 36.3 Å². The van der Waals surface area contributed by atoms with Gasteiger partial charge in [0.05, 0.1) is 0 Å². The summed E-state index contributed by atoms with van der Waals surface area (Å²) >= 11 is 1.99. The van der Waals surface area contributed by atoms with E-state index in [0.29, 0.717) is 6.54 Å². The summed E-state index contributed by atoms with van der Waals surface area (Å²) in [4.78, 5) is 7.15. The highest BCUT2D eigenvalue weighted by Gasteiger charge is 2.19. The van der Waals surface area contributed by atoms with Crippen molar-refractivity contribution in [1.82, 2.24) is 4.98 Å². The third kappa shape index (κ3) is 3.18. The lowest BCUT2D eigenvalue weighted by molar-refractivity contribution is 0.586. The van der Waals surface area contributed by atoms with Crippen LogP contribution in [0.2, 0.25) is 0 Å². The lowest BCUT2D eigenvalue weighted by atomic mass is 10.1. The number of hydrogen-bond acceptors (Lipinski definition) is 4. The maximum Gasteiger partial charge on any atom is 0.129 e. The SMILES string of the molecule is CCc1cc(CN)cc(N2CCC(SC)CC2)n1. The van der Waals surface area contributed by atoms with E-state index in [-0.39, 0.29) is 0 Å². The first kappa shape index (κ1) is 13.7. The zero-order chi connectivity index (χ0) is 13.0. The first-order valence-electron chi connectivity index (χ1n) is 6.74. The highest BCUT2D eigenvalue weighted by atomic mass is 32.2. The van der Waals surface area contributed by atoms with Crippen LogP contribution in [0.4, 0.5) is 5.82 Å². The molecule has 0 radical (unpaired) electrons. The molecule has 0 amide bonds. The number of nitrogens with two attached hydrogens (primary N) is 1. The Bertz CT molecular complexity index is 364. The normalized spacial score (nSPS) is 17.2. The molecule has 4 heteroatoms. The molecule has 1 aromatic rings. The molecule has 0 spiro atoms. The van der Waals surface area contributed by atoms with Gasteiger partial charge in [-0.25, -0.2) is 4.98 Å². The second-order valence-electron chi connectivity index (χ2n) is 4.80. The first-order chi connectivity index (χ1) is 8.76. The van der Waals surface area contributed by atoms with Crippen molar-refractivity contribution in [3.8, 4) is 0 Å². The van der Waals surface area contributed by atoms with Gasteiger partial charge < -0.3 is 10.6 Å². The highest BCUT2D eigenvalue weighted by Crippen LogP contribution is 2.25. The molecule has 1 aliphatic rings. The largest absolute Gasteiger partial charge is 0.357 e. The summed E-state index contributed by atoms with van der Waals surface area (Å²) in [6.07, 6.45) is 5.71. The quantitative estimate of drug-likeness (QED) is 0.908. The van der Waals surface area contributed by atoms with E-state index in [4.69, 9.17) is 10.7 Å². The van der Waals surface area contributed by atoms with E-state index < -0.39 is 0 Å². The standard InChI is InChI=1S/C14H23N3S/c1-3-12-8-11(10-15)9-14(16-12)17-6-4-13(18-2)5-7-17/h8-9,13H,3-7,10,15H2,1-2H3. The van der Waals surface area contributed by atoms with Gasteiger partial charge in [-0.15, -0.1) is 0 Å². The molecule has 3 nitrogen and oxygen atoms in total. The molecule has 1 aliphatic heterocycles. The molecular weight excluding hydrogens is 242 g/mol. The van der Waals surface area contributed by atoms with Crippen molar-refractivity contribution in [1.29, 1.82) is 0 Å². The van der Waals surface area contributed by atoms with E-state index in [2.05, 4.69) is 30.2 Å². The zero-order valence-electron chi connectivity index (χ0n) is 11.4. The summed E-state index contributed by atoms with van der Waals surface area (Å²) in [6, 6.07) is 4.27. The summed E-state index contributed by atoms with van der Waals surface area (Å²) in [6.45, 7) is 4.99. The van der Waals surface area contributed by atoms with Gasteiger partial charge in [-0.1, -0.05) is 6.92 Å². The Balaban J connectivity index is 2.13. The Labute approximate surface area is 114 Å². The minimum atomic E-state index is 0.601. The van der Waals surface area contributed by atoms with Crippen LogP contribution in [-0.2, 0) is 13.0 Å². The molecule has 0 atom stereocenters.